The van der Waals surface area contributed by atoms with Gasteiger partial charge in [0.25, 0.3) is 5.91 Å². The van der Waals surface area contributed by atoms with Crippen molar-refractivity contribution in [2.24, 2.45) is 0 Å². The highest BCUT2D eigenvalue weighted by atomic mass is 79.9. The van der Waals surface area contributed by atoms with Crippen LogP contribution in [0.5, 0.6) is 5.75 Å². The number of thiocarbonyl (C=S) groups is 1. The van der Waals surface area contributed by atoms with Gasteiger partial charge in [-0.2, -0.15) is 0 Å². The smallest absolute Gasteiger partial charge is 0.281 e. The van der Waals surface area contributed by atoms with Crippen LogP contribution < -0.4 is 9.64 Å². The number of benzene rings is 3. The van der Waals surface area contributed by atoms with Gasteiger partial charge >= 0.3 is 0 Å². The molecule has 1 aliphatic rings. The van der Waals surface area contributed by atoms with E-state index in [1.165, 1.54) is 17.0 Å². The monoisotopic (exact) mass is 574 g/mol. The first kappa shape index (κ1) is 22.6. The Morgan fingerprint density at radius 1 is 1.03 bits per heavy atom. The Labute approximate surface area is 207 Å². The summed E-state index contributed by atoms with van der Waals surface area (Å²) in [5, 5.41) is 0.417. The molecule has 32 heavy (non-hydrogen) atoms. The van der Waals surface area contributed by atoms with E-state index in [1.807, 2.05) is 42.5 Å². The summed E-state index contributed by atoms with van der Waals surface area (Å²) in [5.41, 5.74) is 2.70. The predicted octanol–water partition coefficient (Wildman–Crippen LogP) is 6.53. The number of ether oxygens (including phenoxy) is 1. The van der Waals surface area contributed by atoms with Gasteiger partial charge in [0.2, 0.25) is 0 Å². The lowest BCUT2D eigenvalue weighted by atomic mass is 10.1. The number of anilines is 1. The lowest BCUT2D eigenvalue weighted by molar-refractivity contribution is -0.114. The zero-order valence-corrected chi connectivity index (χ0v) is 20.9. The van der Waals surface area contributed by atoms with Crippen molar-refractivity contribution in [1.82, 2.24) is 4.90 Å². The van der Waals surface area contributed by atoms with Crippen LogP contribution in [0.3, 0.4) is 0 Å². The van der Waals surface area contributed by atoms with Crippen LogP contribution in [-0.2, 0) is 11.4 Å². The first-order chi connectivity index (χ1) is 15.3. The van der Waals surface area contributed by atoms with Gasteiger partial charge in [-0.25, -0.2) is 4.39 Å². The minimum Gasteiger partial charge on any atom is -0.487 e. The lowest BCUT2D eigenvalue weighted by Crippen LogP contribution is -2.30. The van der Waals surface area contributed by atoms with Gasteiger partial charge in [0.15, 0.2) is 5.11 Å². The molecular weight excluding hydrogens is 559 g/mol. The number of likely N-dealkylation sites (N-methyl/N-ethyl adjacent to an activating group) is 1. The van der Waals surface area contributed by atoms with Crippen molar-refractivity contribution in [1.29, 1.82) is 0 Å². The maximum Gasteiger partial charge on any atom is 0.281 e. The second-order valence-electron chi connectivity index (χ2n) is 7.08. The molecule has 0 atom stereocenters. The van der Waals surface area contributed by atoms with Crippen LogP contribution in [0.4, 0.5) is 10.1 Å². The molecule has 4 nitrogen and oxygen atoms in total. The summed E-state index contributed by atoms with van der Waals surface area (Å²) < 4.78 is 20.7. The maximum atomic E-state index is 13.4. The highest BCUT2D eigenvalue weighted by molar-refractivity contribution is 9.11. The molecule has 1 saturated heterocycles. The third-order valence-corrected chi connectivity index (χ3v) is 6.51. The predicted molar refractivity (Wildman–Crippen MR) is 135 cm³/mol. The molecule has 1 fully saturated rings. The maximum absolute atomic E-state index is 13.4. The number of nitrogens with zero attached hydrogens (tertiary/aromatic N) is 2. The molecule has 1 aliphatic heterocycles. The Bertz CT molecular complexity index is 1210. The molecule has 8 heteroatoms. The molecule has 3 aromatic rings. The van der Waals surface area contributed by atoms with Gasteiger partial charge < -0.3 is 9.64 Å². The fourth-order valence-electron chi connectivity index (χ4n) is 3.30. The molecular formula is C24H17Br2FN2O2S. The number of para-hydroxylation sites is 1. The van der Waals surface area contributed by atoms with Crippen molar-refractivity contribution >= 4 is 66.9 Å². The van der Waals surface area contributed by atoms with Gasteiger partial charge in [-0.15, -0.1) is 0 Å². The Balaban J connectivity index is 1.59. The van der Waals surface area contributed by atoms with Crippen LogP contribution >= 0.6 is 44.1 Å². The third-order valence-electron chi connectivity index (χ3n) is 4.87. The standard InChI is InChI=1S/C24H17Br2FN2O2S/c1-28-21(23(30)29(24(28)32)18-8-3-2-4-9-18)13-16-11-19(25)22(20(26)12-16)31-14-15-6-5-7-17(27)10-15/h2-13H,14H2,1H3/b21-13-. The Kier molecular flexibility index (Phi) is 6.74. The summed E-state index contributed by atoms with van der Waals surface area (Å²) >= 11 is 12.6. The molecule has 0 aliphatic carbocycles. The van der Waals surface area contributed by atoms with E-state index in [0.29, 0.717) is 25.5 Å². The quantitative estimate of drug-likeness (QED) is 0.256. The van der Waals surface area contributed by atoms with E-state index >= 15 is 0 Å². The van der Waals surface area contributed by atoms with E-state index in [4.69, 9.17) is 17.0 Å². The van der Waals surface area contributed by atoms with Crippen molar-refractivity contribution in [3.8, 4) is 5.75 Å². The van der Waals surface area contributed by atoms with E-state index < -0.39 is 0 Å². The van der Waals surface area contributed by atoms with Crippen LogP contribution in [0.25, 0.3) is 6.08 Å². The van der Waals surface area contributed by atoms with Crippen molar-refractivity contribution in [3.63, 3.8) is 0 Å². The van der Waals surface area contributed by atoms with Crippen LogP contribution in [0.2, 0.25) is 0 Å². The number of amides is 1. The number of rotatable bonds is 5. The molecule has 1 heterocycles. The largest absolute Gasteiger partial charge is 0.487 e. The summed E-state index contributed by atoms with van der Waals surface area (Å²) in [4.78, 5) is 16.3. The van der Waals surface area contributed by atoms with E-state index in [2.05, 4.69) is 31.9 Å². The number of carbonyl (C=O) groups excluding carboxylic acids is 1. The first-order valence-electron chi connectivity index (χ1n) is 9.60. The minimum absolute atomic E-state index is 0.192. The molecule has 0 saturated carbocycles. The van der Waals surface area contributed by atoms with Crippen molar-refractivity contribution in [2.45, 2.75) is 6.61 Å². The van der Waals surface area contributed by atoms with Gasteiger partial charge in [0.1, 0.15) is 23.9 Å². The molecule has 0 aromatic heterocycles. The molecule has 1 amide bonds. The van der Waals surface area contributed by atoms with E-state index in [1.54, 1.807) is 30.2 Å². The van der Waals surface area contributed by atoms with E-state index in [0.717, 1.165) is 16.8 Å². The van der Waals surface area contributed by atoms with Crippen LogP contribution in [0.1, 0.15) is 11.1 Å². The second kappa shape index (κ2) is 9.52. The average molecular weight is 576 g/mol. The highest BCUT2D eigenvalue weighted by Gasteiger charge is 2.36. The lowest BCUT2D eigenvalue weighted by Gasteiger charge is -2.16. The molecule has 0 bridgehead atoms. The molecule has 0 radical (unpaired) electrons. The SMILES string of the molecule is CN1C(=S)N(c2ccccc2)C(=O)/C1=C/c1cc(Br)c(OCc2cccc(F)c2)c(Br)c1. The summed E-state index contributed by atoms with van der Waals surface area (Å²) in [7, 11) is 1.77. The fourth-order valence-corrected chi connectivity index (χ4v) is 5.04. The summed E-state index contributed by atoms with van der Waals surface area (Å²) in [6.45, 7) is 0.219. The Hall–Kier alpha value is -2.55. The molecule has 0 spiro atoms. The Morgan fingerprint density at radius 3 is 2.38 bits per heavy atom. The molecule has 3 aromatic carbocycles. The van der Waals surface area contributed by atoms with Crippen LogP contribution in [-0.4, -0.2) is 23.0 Å². The second-order valence-corrected chi connectivity index (χ2v) is 9.15. The van der Waals surface area contributed by atoms with Crippen LogP contribution in [0, 0.1) is 5.82 Å². The fraction of sp³-hybridized carbons (Fsp3) is 0.0833. The van der Waals surface area contributed by atoms with Crippen molar-refractivity contribution < 1.29 is 13.9 Å². The number of hydrogen-bond donors (Lipinski definition) is 0. The van der Waals surface area contributed by atoms with Gasteiger partial charge in [-0.3, -0.25) is 9.69 Å². The van der Waals surface area contributed by atoms with Crippen LogP contribution in [0.15, 0.2) is 81.4 Å². The molecule has 162 valence electrons. The average Bonchev–Trinajstić information content (AvgIpc) is 2.97. The topological polar surface area (TPSA) is 32.8 Å². The van der Waals surface area contributed by atoms with Gasteiger partial charge in [-0.1, -0.05) is 30.3 Å². The summed E-state index contributed by atoms with van der Waals surface area (Å²) in [6, 6.07) is 19.3. The summed E-state index contributed by atoms with van der Waals surface area (Å²) in [5.74, 6) is 0.0883. The van der Waals surface area contributed by atoms with Gasteiger partial charge in [0.05, 0.1) is 14.6 Å². The highest BCUT2D eigenvalue weighted by Crippen LogP contribution is 2.37. The zero-order valence-electron chi connectivity index (χ0n) is 16.9. The van der Waals surface area contributed by atoms with Gasteiger partial charge in [-0.05, 0) is 97.7 Å². The van der Waals surface area contributed by atoms with Crippen molar-refractivity contribution in [3.05, 3.63) is 98.3 Å². The Morgan fingerprint density at radius 2 is 1.72 bits per heavy atom. The van der Waals surface area contributed by atoms with Crippen molar-refractivity contribution in [2.75, 3.05) is 11.9 Å². The summed E-state index contributed by atoms with van der Waals surface area (Å²) in [6.07, 6.45) is 1.78. The number of halogens is 3. The molecule has 0 N–H and O–H groups in total. The minimum atomic E-state index is -0.306. The van der Waals surface area contributed by atoms with E-state index in [9.17, 15) is 9.18 Å². The van der Waals surface area contributed by atoms with E-state index in [-0.39, 0.29) is 18.3 Å². The number of hydrogen-bond acceptors (Lipinski definition) is 3. The third kappa shape index (κ3) is 4.62. The molecule has 4 rings (SSSR count). The zero-order chi connectivity index (χ0) is 22.8. The normalized spacial score (nSPS) is 15.1. The number of carbonyl (C=O) groups is 1. The molecule has 0 unspecified atom stereocenters. The first-order valence-corrected chi connectivity index (χ1v) is 11.6. The van der Waals surface area contributed by atoms with Gasteiger partial charge in [0, 0.05) is 7.05 Å².